The second kappa shape index (κ2) is 8.54. The Morgan fingerprint density at radius 2 is 1.81 bits per heavy atom. The smallest absolute Gasteiger partial charge is 0.240 e. The van der Waals surface area contributed by atoms with Crippen molar-refractivity contribution < 1.29 is 13.2 Å². The lowest BCUT2D eigenvalue weighted by molar-refractivity contribution is -0.121. The summed E-state index contributed by atoms with van der Waals surface area (Å²) in [6.07, 6.45) is 3.36. The molecular formula is C20H23BrN2O3S. The predicted octanol–water partition coefficient (Wildman–Crippen LogP) is 3.36. The van der Waals surface area contributed by atoms with E-state index < -0.39 is 10.0 Å². The van der Waals surface area contributed by atoms with Crippen LogP contribution in [0.1, 0.15) is 31.2 Å². The summed E-state index contributed by atoms with van der Waals surface area (Å²) in [7, 11) is -3.58. The molecule has 0 aromatic heterocycles. The molecule has 0 atom stereocenters. The third-order valence-electron chi connectivity index (χ3n) is 5.07. The van der Waals surface area contributed by atoms with Gasteiger partial charge in [-0.05, 0) is 42.7 Å². The monoisotopic (exact) mass is 450 g/mol. The Labute approximate surface area is 168 Å². The van der Waals surface area contributed by atoms with Gasteiger partial charge >= 0.3 is 0 Å². The Morgan fingerprint density at radius 1 is 1.07 bits per heavy atom. The normalized spacial score (nSPS) is 15.7. The van der Waals surface area contributed by atoms with E-state index in [-0.39, 0.29) is 29.2 Å². The van der Waals surface area contributed by atoms with E-state index in [1.54, 1.807) is 18.2 Å². The largest absolute Gasteiger partial charge is 0.355 e. The van der Waals surface area contributed by atoms with Crippen LogP contribution in [0.15, 0.2) is 64.0 Å². The highest BCUT2D eigenvalue weighted by atomic mass is 79.9. The zero-order valence-electron chi connectivity index (χ0n) is 14.9. The van der Waals surface area contributed by atoms with Gasteiger partial charge in [0.05, 0.1) is 4.90 Å². The van der Waals surface area contributed by atoms with Gasteiger partial charge in [-0.2, -0.15) is 0 Å². The van der Waals surface area contributed by atoms with Crippen molar-refractivity contribution in [2.45, 2.75) is 36.0 Å². The van der Waals surface area contributed by atoms with Crippen molar-refractivity contribution in [3.63, 3.8) is 0 Å². The number of nitrogens with one attached hydrogen (secondary N) is 2. The van der Waals surface area contributed by atoms with Crippen molar-refractivity contribution in [3.05, 3.63) is 64.6 Å². The van der Waals surface area contributed by atoms with Crippen LogP contribution in [0.5, 0.6) is 0 Å². The summed E-state index contributed by atoms with van der Waals surface area (Å²) in [5.74, 6) is -0.146. The van der Waals surface area contributed by atoms with Gasteiger partial charge in [-0.1, -0.05) is 52.7 Å². The van der Waals surface area contributed by atoms with Gasteiger partial charge in [-0.3, -0.25) is 4.79 Å². The molecule has 0 aliphatic heterocycles. The van der Waals surface area contributed by atoms with Gasteiger partial charge in [0.15, 0.2) is 0 Å². The third kappa shape index (κ3) is 4.97. The van der Waals surface area contributed by atoms with Crippen molar-refractivity contribution in [3.8, 4) is 0 Å². The maximum absolute atomic E-state index is 12.2. The zero-order valence-corrected chi connectivity index (χ0v) is 17.4. The van der Waals surface area contributed by atoms with E-state index >= 15 is 0 Å². The van der Waals surface area contributed by atoms with Crippen LogP contribution >= 0.6 is 15.9 Å². The summed E-state index contributed by atoms with van der Waals surface area (Å²) in [5.41, 5.74) is 1.22. The van der Waals surface area contributed by atoms with Crippen molar-refractivity contribution in [2.75, 3.05) is 13.1 Å². The standard InChI is InChI=1S/C20H23BrN2O3S/c21-17-7-4-6-16(14-17)20(11-5-12-20)15-22-19(24)10-13-23-27(25,26)18-8-2-1-3-9-18/h1-4,6-9,14,23H,5,10-13,15H2,(H,22,24). The van der Waals surface area contributed by atoms with Crippen molar-refractivity contribution in [1.29, 1.82) is 0 Å². The molecule has 2 aromatic carbocycles. The number of hydrogen-bond acceptors (Lipinski definition) is 3. The second-order valence-corrected chi connectivity index (χ2v) is 9.56. The molecule has 1 fully saturated rings. The van der Waals surface area contributed by atoms with Gasteiger partial charge in [-0.25, -0.2) is 13.1 Å². The maximum Gasteiger partial charge on any atom is 0.240 e. The van der Waals surface area contributed by atoms with E-state index in [1.807, 2.05) is 12.1 Å². The molecule has 0 saturated heterocycles. The average Bonchev–Trinajstić information content (AvgIpc) is 2.61. The summed E-state index contributed by atoms with van der Waals surface area (Å²) in [5, 5.41) is 2.98. The van der Waals surface area contributed by atoms with Gasteiger partial charge in [0.25, 0.3) is 0 Å². The number of amides is 1. The molecule has 144 valence electrons. The molecular weight excluding hydrogens is 428 g/mol. The van der Waals surface area contributed by atoms with E-state index in [4.69, 9.17) is 0 Å². The Bertz CT molecular complexity index is 896. The number of hydrogen-bond donors (Lipinski definition) is 2. The molecule has 1 saturated carbocycles. The van der Waals surface area contributed by atoms with Crippen LogP contribution in [0.4, 0.5) is 0 Å². The van der Waals surface area contributed by atoms with Crippen LogP contribution in [0.2, 0.25) is 0 Å². The first kappa shape index (κ1) is 20.0. The lowest BCUT2D eigenvalue weighted by atomic mass is 9.64. The minimum Gasteiger partial charge on any atom is -0.355 e. The number of rotatable bonds is 8. The van der Waals surface area contributed by atoms with Crippen LogP contribution < -0.4 is 10.0 Å². The first-order chi connectivity index (χ1) is 12.9. The van der Waals surface area contributed by atoms with Gasteiger partial charge in [0.1, 0.15) is 0 Å². The lowest BCUT2D eigenvalue weighted by Gasteiger charge is -2.42. The molecule has 0 radical (unpaired) electrons. The maximum atomic E-state index is 12.2. The van der Waals surface area contributed by atoms with Crippen LogP contribution in [0.25, 0.3) is 0 Å². The number of benzene rings is 2. The number of halogens is 1. The molecule has 0 bridgehead atoms. The third-order valence-corrected chi connectivity index (χ3v) is 7.04. The quantitative estimate of drug-likeness (QED) is 0.647. The predicted molar refractivity (Wildman–Crippen MR) is 109 cm³/mol. The SMILES string of the molecule is O=C(CCNS(=O)(=O)c1ccccc1)NCC1(c2cccc(Br)c2)CCC1. The molecule has 1 aliphatic rings. The molecule has 27 heavy (non-hydrogen) atoms. The highest BCUT2D eigenvalue weighted by Gasteiger charge is 2.38. The van der Waals surface area contributed by atoms with Gasteiger partial charge < -0.3 is 5.32 Å². The van der Waals surface area contributed by atoms with Crippen LogP contribution in [0.3, 0.4) is 0 Å². The molecule has 2 aromatic rings. The first-order valence-corrected chi connectivity index (χ1v) is 11.3. The highest BCUT2D eigenvalue weighted by molar-refractivity contribution is 9.10. The van der Waals surface area contributed by atoms with Crippen molar-refractivity contribution >= 4 is 31.9 Å². The van der Waals surface area contributed by atoms with Crippen LogP contribution in [-0.2, 0) is 20.2 Å². The minimum atomic E-state index is -3.58. The molecule has 2 N–H and O–H groups in total. The summed E-state index contributed by atoms with van der Waals surface area (Å²) in [6, 6.07) is 16.4. The Morgan fingerprint density at radius 3 is 2.44 bits per heavy atom. The molecule has 0 heterocycles. The fourth-order valence-corrected chi connectivity index (χ4v) is 4.78. The van der Waals surface area contributed by atoms with Crippen molar-refractivity contribution in [1.82, 2.24) is 10.0 Å². The Kier molecular flexibility index (Phi) is 6.34. The summed E-state index contributed by atoms with van der Waals surface area (Å²) < 4.78 is 27.8. The fraction of sp³-hybridized carbons (Fsp3) is 0.350. The zero-order chi connectivity index (χ0) is 19.3. The van der Waals surface area contributed by atoms with Crippen LogP contribution in [-0.4, -0.2) is 27.4 Å². The molecule has 5 nitrogen and oxygen atoms in total. The number of sulfonamides is 1. The molecule has 1 amide bonds. The molecule has 3 rings (SSSR count). The molecule has 7 heteroatoms. The number of carbonyl (C=O) groups is 1. The Balaban J connectivity index is 1.50. The van der Waals surface area contributed by atoms with Gasteiger partial charge in [-0.15, -0.1) is 0 Å². The second-order valence-electron chi connectivity index (χ2n) is 6.88. The van der Waals surface area contributed by atoms with E-state index in [0.717, 1.165) is 23.7 Å². The highest BCUT2D eigenvalue weighted by Crippen LogP contribution is 2.43. The van der Waals surface area contributed by atoms with E-state index in [1.165, 1.54) is 17.7 Å². The van der Waals surface area contributed by atoms with Gasteiger partial charge in [0, 0.05) is 29.4 Å². The van der Waals surface area contributed by atoms with Crippen LogP contribution in [0, 0.1) is 0 Å². The summed E-state index contributed by atoms with van der Waals surface area (Å²) >= 11 is 3.51. The first-order valence-electron chi connectivity index (χ1n) is 8.99. The van der Waals surface area contributed by atoms with E-state index in [0.29, 0.717) is 6.54 Å². The molecule has 0 spiro atoms. The number of carbonyl (C=O) groups excluding carboxylic acids is 1. The topological polar surface area (TPSA) is 75.3 Å². The fourth-order valence-electron chi connectivity index (χ4n) is 3.33. The molecule has 1 aliphatic carbocycles. The summed E-state index contributed by atoms with van der Waals surface area (Å²) in [4.78, 5) is 12.4. The van der Waals surface area contributed by atoms with E-state index in [2.05, 4.69) is 38.1 Å². The summed E-state index contributed by atoms with van der Waals surface area (Å²) in [6.45, 7) is 0.653. The molecule has 0 unspecified atom stereocenters. The lowest BCUT2D eigenvalue weighted by Crippen LogP contribution is -2.46. The minimum absolute atomic E-state index is 0.0109. The van der Waals surface area contributed by atoms with Gasteiger partial charge in [0.2, 0.25) is 15.9 Å². The average molecular weight is 451 g/mol. The van der Waals surface area contributed by atoms with Crippen molar-refractivity contribution in [2.24, 2.45) is 0 Å². The van der Waals surface area contributed by atoms with E-state index in [9.17, 15) is 13.2 Å². The Hall–Kier alpha value is -1.70.